The fraction of sp³-hybridized carbons (Fsp3) is 0.533. The van der Waals surface area contributed by atoms with E-state index in [2.05, 4.69) is 0 Å². The van der Waals surface area contributed by atoms with Crippen LogP contribution in [-0.4, -0.2) is 36.7 Å². The van der Waals surface area contributed by atoms with Crippen LogP contribution in [0.2, 0.25) is 0 Å². The highest BCUT2D eigenvalue weighted by Crippen LogP contribution is 2.33. The first kappa shape index (κ1) is 18.6. The molecule has 1 unspecified atom stereocenters. The second-order valence-corrected chi connectivity index (χ2v) is 7.34. The Labute approximate surface area is 132 Å². The molecule has 0 saturated heterocycles. The first-order valence-electron chi connectivity index (χ1n) is 7.10. The Bertz CT molecular complexity index is 654. The van der Waals surface area contributed by atoms with Crippen LogP contribution in [-0.2, 0) is 14.9 Å². The number of para-hydroxylation sites is 1. The number of carbonyl (C=O) groups is 1. The number of nitrogens with two attached hydrogens (primary N) is 1. The number of Topliss-reactive ketones (excluding diaryl/α,β-unsaturated/α-hetero) is 1. The first-order valence-corrected chi connectivity index (χ1v) is 8.54. The molecular formula is C15H24N2O4S. The highest BCUT2D eigenvalue weighted by molar-refractivity contribution is 7.86. The van der Waals surface area contributed by atoms with Crippen LogP contribution in [0.1, 0.15) is 39.3 Å². The average Bonchev–Trinajstić information content (AvgIpc) is 2.38. The van der Waals surface area contributed by atoms with Gasteiger partial charge in [-0.2, -0.15) is 8.42 Å². The van der Waals surface area contributed by atoms with Crippen molar-refractivity contribution in [3.05, 3.63) is 23.8 Å². The summed E-state index contributed by atoms with van der Waals surface area (Å²) in [7, 11) is -2.65. The van der Waals surface area contributed by atoms with Gasteiger partial charge in [0.05, 0.1) is 11.7 Å². The van der Waals surface area contributed by atoms with Crippen LogP contribution in [0, 0.1) is 5.92 Å². The molecule has 7 heteroatoms. The normalized spacial score (nSPS) is 13.9. The van der Waals surface area contributed by atoms with Gasteiger partial charge in [-0.15, -0.1) is 0 Å². The number of rotatable bonds is 6. The van der Waals surface area contributed by atoms with Gasteiger partial charge in [0.1, 0.15) is 4.90 Å². The molecule has 0 aliphatic heterocycles. The van der Waals surface area contributed by atoms with Gasteiger partial charge < -0.3 is 5.73 Å². The minimum absolute atomic E-state index is 0.0569. The number of nitrogen functional groups attached to an aromatic ring is 1. The molecular weight excluding hydrogens is 304 g/mol. The molecule has 0 aliphatic carbocycles. The van der Waals surface area contributed by atoms with Crippen molar-refractivity contribution in [1.82, 2.24) is 4.90 Å². The summed E-state index contributed by atoms with van der Waals surface area (Å²) in [6.07, 6.45) is 0. The molecule has 3 N–H and O–H groups in total. The molecule has 0 bridgehead atoms. The largest absolute Gasteiger partial charge is 0.397 e. The zero-order chi connectivity index (χ0) is 17.2. The zero-order valence-corrected chi connectivity index (χ0v) is 14.4. The molecule has 0 amide bonds. The van der Waals surface area contributed by atoms with E-state index in [1.54, 1.807) is 27.0 Å². The summed E-state index contributed by atoms with van der Waals surface area (Å²) in [4.78, 5) is 14.1. The van der Waals surface area contributed by atoms with Crippen molar-refractivity contribution in [3.63, 3.8) is 0 Å². The predicted molar refractivity (Wildman–Crippen MR) is 86.2 cm³/mol. The molecule has 0 aromatic heterocycles. The van der Waals surface area contributed by atoms with Crippen molar-refractivity contribution in [2.75, 3.05) is 12.8 Å². The lowest BCUT2D eigenvalue weighted by Crippen LogP contribution is -2.38. The van der Waals surface area contributed by atoms with Crippen LogP contribution in [0.5, 0.6) is 0 Å². The smallest absolute Gasteiger partial charge is 0.296 e. The minimum atomic E-state index is -4.44. The number of hydrogen-bond acceptors (Lipinski definition) is 5. The van der Waals surface area contributed by atoms with Crippen molar-refractivity contribution >= 4 is 21.6 Å². The summed E-state index contributed by atoms with van der Waals surface area (Å²) in [5.41, 5.74) is 6.24. The number of carbonyl (C=O) groups excluding carboxylic acids is 1. The number of nitrogens with zero attached hydrogens (tertiary/aromatic N) is 1. The lowest BCUT2D eigenvalue weighted by atomic mass is 9.92. The van der Waals surface area contributed by atoms with Gasteiger partial charge in [0, 0.05) is 17.5 Å². The van der Waals surface area contributed by atoms with E-state index in [0.29, 0.717) is 5.56 Å². The van der Waals surface area contributed by atoms with Gasteiger partial charge in [-0.05, 0) is 27.0 Å². The quantitative estimate of drug-likeness (QED) is 0.613. The molecule has 1 atom stereocenters. The van der Waals surface area contributed by atoms with Crippen LogP contribution in [0.15, 0.2) is 23.1 Å². The summed E-state index contributed by atoms with van der Waals surface area (Å²) >= 11 is 0. The molecule has 1 aromatic carbocycles. The lowest BCUT2D eigenvalue weighted by Gasteiger charge is -2.32. The van der Waals surface area contributed by atoms with Crippen molar-refractivity contribution in [3.8, 4) is 0 Å². The van der Waals surface area contributed by atoms with Gasteiger partial charge in [0.15, 0.2) is 5.78 Å². The Morgan fingerprint density at radius 2 is 1.77 bits per heavy atom. The maximum atomic E-state index is 12.6. The van der Waals surface area contributed by atoms with E-state index in [4.69, 9.17) is 5.73 Å². The van der Waals surface area contributed by atoms with Crippen LogP contribution in [0.25, 0.3) is 0 Å². The van der Waals surface area contributed by atoms with Crippen LogP contribution in [0.3, 0.4) is 0 Å². The maximum Gasteiger partial charge on any atom is 0.296 e. The van der Waals surface area contributed by atoms with Gasteiger partial charge in [0.25, 0.3) is 10.1 Å². The lowest BCUT2D eigenvalue weighted by molar-refractivity contribution is -0.127. The Morgan fingerprint density at radius 1 is 1.23 bits per heavy atom. The molecule has 6 nitrogen and oxygen atoms in total. The second-order valence-electron chi connectivity index (χ2n) is 5.95. The zero-order valence-electron chi connectivity index (χ0n) is 13.6. The summed E-state index contributed by atoms with van der Waals surface area (Å²) in [6.45, 7) is 7.44. The van der Waals surface area contributed by atoms with Crippen molar-refractivity contribution in [2.45, 2.75) is 44.7 Å². The third-order valence-electron chi connectivity index (χ3n) is 3.73. The van der Waals surface area contributed by atoms with Crippen molar-refractivity contribution in [2.24, 2.45) is 5.92 Å². The molecule has 1 aromatic rings. The molecule has 0 radical (unpaired) electrons. The third kappa shape index (κ3) is 3.85. The van der Waals surface area contributed by atoms with Gasteiger partial charge >= 0.3 is 0 Å². The molecule has 1 rings (SSSR count). The summed E-state index contributed by atoms with van der Waals surface area (Å²) in [6, 6.07) is 3.71. The Balaban J connectivity index is 3.54. The second kappa shape index (κ2) is 6.76. The summed E-state index contributed by atoms with van der Waals surface area (Å²) in [5.74, 6) is -0.296. The Morgan fingerprint density at radius 3 is 2.18 bits per heavy atom. The van der Waals surface area contributed by atoms with E-state index >= 15 is 0 Å². The molecule has 124 valence electrons. The van der Waals surface area contributed by atoms with Gasteiger partial charge in [-0.3, -0.25) is 14.2 Å². The monoisotopic (exact) mass is 328 g/mol. The molecule has 0 spiro atoms. The number of benzene rings is 1. The van der Waals surface area contributed by atoms with E-state index in [-0.39, 0.29) is 28.3 Å². The van der Waals surface area contributed by atoms with E-state index < -0.39 is 16.2 Å². The number of likely N-dealkylation sites (N-methyl/N-ethyl adjacent to an activating group) is 1. The number of ketones is 1. The fourth-order valence-electron chi connectivity index (χ4n) is 2.21. The standard InChI is InChI=1S/C15H24N2O4S/c1-9(2)15(18)14(17(5)10(3)4)11-7-6-8-12(13(11)16)22(19,20)21/h6-10,14H,16H2,1-5H3,(H,19,20,21). The SMILES string of the molecule is CC(C)C(=O)C(c1cccc(S(=O)(=O)O)c1N)N(C)C(C)C. The first-order chi connectivity index (χ1) is 9.98. The highest BCUT2D eigenvalue weighted by Gasteiger charge is 2.31. The summed E-state index contributed by atoms with van der Waals surface area (Å²) in [5, 5.41) is 0. The van der Waals surface area contributed by atoms with Crippen molar-refractivity contribution < 1.29 is 17.8 Å². The van der Waals surface area contributed by atoms with Gasteiger partial charge in [0.2, 0.25) is 0 Å². The van der Waals surface area contributed by atoms with Gasteiger partial charge in [-0.25, -0.2) is 0 Å². The van der Waals surface area contributed by atoms with E-state index in [9.17, 15) is 17.8 Å². The van der Waals surface area contributed by atoms with E-state index in [1.165, 1.54) is 12.1 Å². The molecule has 22 heavy (non-hydrogen) atoms. The fourth-order valence-corrected chi connectivity index (χ4v) is 2.86. The molecule has 0 aliphatic rings. The van der Waals surface area contributed by atoms with Crippen LogP contribution >= 0.6 is 0 Å². The maximum absolute atomic E-state index is 12.6. The average molecular weight is 328 g/mol. The van der Waals surface area contributed by atoms with Crippen molar-refractivity contribution in [1.29, 1.82) is 0 Å². The number of anilines is 1. The third-order valence-corrected chi connectivity index (χ3v) is 4.64. The Kier molecular flexibility index (Phi) is 5.72. The Hall–Kier alpha value is -1.44. The van der Waals surface area contributed by atoms with Crippen LogP contribution in [0.4, 0.5) is 5.69 Å². The van der Waals surface area contributed by atoms with Gasteiger partial charge in [-0.1, -0.05) is 26.0 Å². The number of hydrogen-bond donors (Lipinski definition) is 2. The predicted octanol–water partition coefficient (Wildman–Crippen LogP) is 2.12. The minimum Gasteiger partial charge on any atom is -0.397 e. The summed E-state index contributed by atoms with van der Waals surface area (Å²) < 4.78 is 32.1. The van der Waals surface area contributed by atoms with Crippen LogP contribution < -0.4 is 5.73 Å². The topological polar surface area (TPSA) is 101 Å². The molecule has 0 saturated carbocycles. The van der Waals surface area contributed by atoms with E-state index in [0.717, 1.165) is 0 Å². The highest BCUT2D eigenvalue weighted by atomic mass is 32.2. The van der Waals surface area contributed by atoms with E-state index in [1.807, 2.05) is 18.7 Å². The molecule has 0 fully saturated rings. The molecule has 0 heterocycles.